The lowest BCUT2D eigenvalue weighted by Crippen LogP contribution is -2.45. The fourth-order valence-corrected chi connectivity index (χ4v) is 4.63. The summed E-state index contributed by atoms with van der Waals surface area (Å²) in [4.78, 5) is 19.5. The SMILES string of the molecule is COc1cc(-c2cn([C@H]3CCC[C@@H](C(C)(C)C)N(C)C3=O)nn2)ccc1-n1cnc(C)c1. The number of aryl methyl sites for hydroxylation is 1. The van der Waals surface area contributed by atoms with Gasteiger partial charge in [0.1, 0.15) is 17.5 Å². The zero-order valence-corrected chi connectivity index (χ0v) is 19.7. The Morgan fingerprint density at radius 2 is 1.94 bits per heavy atom. The maximum atomic E-state index is 13.3. The van der Waals surface area contributed by atoms with Crippen LogP contribution in [0.25, 0.3) is 16.9 Å². The van der Waals surface area contributed by atoms with Gasteiger partial charge in [0, 0.05) is 24.8 Å². The molecular weight excluding hydrogens is 404 g/mol. The number of ether oxygens (including phenoxy) is 1. The lowest BCUT2D eigenvalue weighted by molar-refractivity contribution is -0.137. The van der Waals surface area contributed by atoms with Gasteiger partial charge in [-0.15, -0.1) is 5.10 Å². The van der Waals surface area contributed by atoms with Gasteiger partial charge in [0.15, 0.2) is 0 Å². The van der Waals surface area contributed by atoms with Crippen molar-refractivity contribution in [1.29, 1.82) is 0 Å². The van der Waals surface area contributed by atoms with Crippen molar-refractivity contribution in [1.82, 2.24) is 29.4 Å². The molecule has 32 heavy (non-hydrogen) atoms. The highest BCUT2D eigenvalue weighted by Crippen LogP contribution is 2.34. The van der Waals surface area contributed by atoms with Crippen molar-refractivity contribution in [3.05, 3.63) is 42.6 Å². The van der Waals surface area contributed by atoms with Gasteiger partial charge in [-0.05, 0) is 43.7 Å². The van der Waals surface area contributed by atoms with Gasteiger partial charge in [0.2, 0.25) is 5.91 Å². The molecule has 3 heterocycles. The third-order valence-electron chi connectivity index (χ3n) is 6.35. The summed E-state index contributed by atoms with van der Waals surface area (Å²) in [6.45, 7) is 8.53. The maximum Gasteiger partial charge on any atom is 0.247 e. The number of amides is 1. The number of methoxy groups -OCH3 is 1. The predicted molar refractivity (Wildman–Crippen MR) is 123 cm³/mol. The number of aromatic nitrogens is 5. The maximum absolute atomic E-state index is 13.3. The first-order valence-electron chi connectivity index (χ1n) is 11.1. The molecule has 170 valence electrons. The van der Waals surface area contributed by atoms with Crippen LogP contribution in [0.3, 0.4) is 0 Å². The summed E-state index contributed by atoms with van der Waals surface area (Å²) in [5.41, 5.74) is 3.47. The summed E-state index contributed by atoms with van der Waals surface area (Å²) < 4.78 is 9.27. The van der Waals surface area contributed by atoms with E-state index in [0.29, 0.717) is 11.4 Å². The smallest absolute Gasteiger partial charge is 0.247 e. The van der Waals surface area contributed by atoms with Crippen molar-refractivity contribution in [2.45, 2.75) is 59.0 Å². The van der Waals surface area contributed by atoms with E-state index in [0.717, 1.165) is 36.2 Å². The highest BCUT2D eigenvalue weighted by Gasteiger charge is 2.37. The van der Waals surface area contributed by atoms with E-state index in [-0.39, 0.29) is 23.4 Å². The number of likely N-dealkylation sites (N-methyl/N-ethyl adjacent to an activating group) is 1. The van der Waals surface area contributed by atoms with Gasteiger partial charge < -0.3 is 14.2 Å². The van der Waals surface area contributed by atoms with Crippen LogP contribution < -0.4 is 4.74 Å². The molecular formula is C24H32N6O2. The summed E-state index contributed by atoms with van der Waals surface area (Å²) >= 11 is 0. The second-order valence-corrected chi connectivity index (χ2v) is 9.67. The van der Waals surface area contributed by atoms with E-state index >= 15 is 0 Å². The number of likely N-dealkylation sites (tertiary alicyclic amines) is 1. The molecule has 0 unspecified atom stereocenters. The molecule has 1 aliphatic rings. The topological polar surface area (TPSA) is 78.1 Å². The molecule has 8 nitrogen and oxygen atoms in total. The van der Waals surface area contributed by atoms with E-state index in [9.17, 15) is 4.79 Å². The van der Waals surface area contributed by atoms with E-state index in [1.807, 2.05) is 54.0 Å². The third-order valence-corrected chi connectivity index (χ3v) is 6.35. The van der Waals surface area contributed by atoms with Crippen LogP contribution in [0.2, 0.25) is 0 Å². The van der Waals surface area contributed by atoms with Crippen LogP contribution in [0.1, 0.15) is 51.8 Å². The molecule has 0 saturated carbocycles. The second-order valence-electron chi connectivity index (χ2n) is 9.67. The molecule has 1 aliphatic heterocycles. The number of carbonyl (C=O) groups is 1. The average molecular weight is 437 g/mol. The van der Waals surface area contributed by atoms with Gasteiger partial charge in [-0.25, -0.2) is 9.67 Å². The van der Waals surface area contributed by atoms with Crippen molar-refractivity contribution in [2.24, 2.45) is 5.41 Å². The lowest BCUT2D eigenvalue weighted by atomic mass is 9.83. The van der Waals surface area contributed by atoms with Crippen LogP contribution in [0, 0.1) is 12.3 Å². The number of hydrogen-bond donors (Lipinski definition) is 0. The Morgan fingerprint density at radius 3 is 2.59 bits per heavy atom. The molecule has 1 amide bonds. The van der Waals surface area contributed by atoms with Crippen molar-refractivity contribution in [3.8, 4) is 22.7 Å². The van der Waals surface area contributed by atoms with E-state index < -0.39 is 0 Å². The van der Waals surface area contributed by atoms with Crippen LogP contribution in [-0.2, 0) is 4.79 Å². The minimum atomic E-state index is -0.330. The van der Waals surface area contributed by atoms with E-state index in [4.69, 9.17) is 4.74 Å². The van der Waals surface area contributed by atoms with Crippen LogP contribution >= 0.6 is 0 Å². The summed E-state index contributed by atoms with van der Waals surface area (Å²) in [5, 5.41) is 8.70. The van der Waals surface area contributed by atoms with Gasteiger partial charge in [0.25, 0.3) is 0 Å². The Balaban J connectivity index is 1.60. The van der Waals surface area contributed by atoms with E-state index in [2.05, 4.69) is 36.1 Å². The Morgan fingerprint density at radius 1 is 1.16 bits per heavy atom. The quantitative estimate of drug-likeness (QED) is 0.617. The number of rotatable bonds is 4. The van der Waals surface area contributed by atoms with Gasteiger partial charge in [-0.3, -0.25) is 4.79 Å². The lowest BCUT2D eigenvalue weighted by Gasteiger charge is -2.37. The summed E-state index contributed by atoms with van der Waals surface area (Å²) in [7, 11) is 3.56. The Bertz CT molecular complexity index is 1110. The first kappa shape index (κ1) is 22.0. The monoisotopic (exact) mass is 436 g/mol. The molecule has 4 rings (SSSR count). The van der Waals surface area contributed by atoms with Gasteiger partial charge in [-0.1, -0.05) is 32.1 Å². The molecule has 3 aromatic rings. The highest BCUT2D eigenvalue weighted by atomic mass is 16.5. The minimum absolute atomic E-state index is 0.0406. The molecule has 0 spiro atoms. The van der Waals surface area contributed by atoms with Crippen molar-refractivity contribution in [3.63, 3.8) is 0 Å². The average Bonchev–Trinajstić information content (AvgIpc) is 3.38. The largest absolute Gasteiger partial charge is 0.495 e. The molecule has 0 N–H and O–H groups in total. The summed E-state index contributed by atoms with van der Waals surface area (Å²) in [6, 6.07) is 5.79. The summed E-state index contributed by atoms with van der Waals surface area (Å²) in [6.07, 6.45) is 8.32. The van der Waals surface area contributed by atoms with Crippen LogP contribution in [0.5, 0.6) is 5.75 Å². The van der Waals surface area contributed by atoms with Crippen LogP contribution in [0.15, 0.2) is 36.9 Å². The van der Waals surface area contributed by atoms with Gasteiger partial charge >= 0.3 is 0 Å². The third kappa shape index (κ3) is 4.13. The zero-order chi connectivity index (χ0) is 23.0. The van der Waals surface area contributed by atoms with Crippen molar-refractivity contribution < 1.29 is 9.53 Å². The molecule has 0 bridgehead atoms. The first-order valence-corrected chi connectivity index (χ1v) is 11.1. The molecule has 0 aliphatic carbocycles. The fraction of sp³-hybridized carbons (Fsp3) is 0.500. The second kappa shape index (κ2) is 8.41. The van der Waals surface area contributed by atoms with Crippen molar-refractivity contribution >= 4 is 5.91 Å². The summed E-state index contributed by atoms with van der Waals surface area (Å²) in [5.74, 6) is 0.815. The normalized spacial score (nSPS) is 19.8. The number of imidazole rings is 1. The fourth-order valence-electron chi connectivity index (χ4n) is 4.63. The molecule has 1 saturated heterocycles. The highest BCUT2D eigenvalue weighted by molar-refractivity contribution is 5.81. The molecule has 1 aromatic carbocycles. The first-order chi connectivity index (χ1) is 15.2. The Hall–Kier alpha value is -3.16. The van der Waals surface area contributed by atoms with Gasteiger partial charge in [-0.2, -0.15) is 0 Å². The molecule has 0 radical (unpaired) electrons. The van der Waals surface area contributed by atoms with E-state index in [1.54, 1.807) is 18.1 Å². The molecule has 8 heteroatoms. The standard InChI is InChI=1S/C24H32N6O2/c1-16-13-29(15-25-16)19-11-10-17(12-21(19)32-6)18-14-30(27-26-18)20-8-7-9-22(24(2,3)4)28(5)23(20)31/h10-15,20,22H,7-9H2,1-6H3/t20-,22-/m0/s1. The number of benzene rings is 1. The zero-order valence-electron chi connectivity index (χ0n) is 19.7. The van der Waals surface area contributed by atoms with Crippen LogP contribution in [-0.4, -0.2) is 55.6 Å². The molecule has 1 fully saturated rings. The van der Waals surface area contributed by atoms with E-state index in [1.165, 1.54) is 0 Å². The van der Waals surface area contributed by atoms with Crippen molar-refractivity contribution in [2.75, 3.05) is 14.2 Å². The van der Waals surface area contributed by atoms with Crippen LogP contribution in [0.4, 0.5) is 0 Å². The Kier molecular flexibility index (Phi) is 5.79. The van der Waals surface area contributed by atoms with Gasteiger partial charge in [0.05, 0.1) is 31.0 Å². The number of carbonyl (C=O) groups excluding carboxylic acids is 1. The number of hydrogen-bond acceptors (Lipinski definition) is 5. The Labute approximate surface area is 189 Å². The predicted octanol–water partition coefficient (Wildman–Crippen LogP) is 4.05. The minimum Gasteiger partial charge on any atom is -0.495 e. The number of nitrogens with zero attached hydrogens (tertiary/aromatic N) is 6. The molecule has 2 atom stereocenters. The molecule has 2 aromatic heterocycles.